The lowest BCUT2D eigenvalue weighted by atomic mass is 9.84. The molecule has 0 aliphatic carbocycles. The normalized spacial score (nSPS) is 16.8. The van der Waals surface area contributed by atoms with Crippen LogP contribution in [0.2, 0.25) is 0 Å². The maximum absolute atomic E-state index is 13.6. The summed E-state index contributed by atoms with van der Waals surface area (Å²) >= 11 is 0. The van der Waals surface area contributed by atoms with E-state index in [2.05, 4.69) is 20.8 Å². The second kappa shape index (κ2) is 12.1. The van der Waals surface area contributed by atoms with Gasteiger partial charge in [0.05, 0.1) is 31.4 Å². The van der Waals surface area contributed by atoms with Gasteiger partial charge in [-0.1, -0.05) is 45.0 Å². The average molecular weight is 558 g/mol. The highest BCUT2D eigenvalue weighted by atomic mass is 16.5. The van der Waals surface area contributed by atoms with E-state index in [0.717, 1.165) is 11.1 Å². The molecule has 41 heavy (non-hydrogen) atoms. The first-order chi connectivity index (χ1) is 19.4. The number of nitrogens with zero attached hydrogens (tertiary/aromatic N) is 1. The van der Waals surface area contributed by atoms with Crippen LogP contribution in [0.15, 0.2) is 72.3 Å². The van der Waals surface area contributed by atoms with Gasteiger partial charge in [-0.3, -0.25) is 9.59 Å². The van der Waals surface area contributed by atoms with Gasteiger partial charge in [-0.05, 0) is 79.8 Å². The second-order valence-corrected chi connectivity index (χ2v) is 11.4. The molecule has 0 bridgehead atoms. The fourth-order valence-electron chi connectivity index (χ4n) is 5.02. The van der Waals surface area contributed by atoms with E-state index in [-0.39, 0.29) is 29.4 Å². The number of amides is 1. The smallest absolute Gasteiger partial charge is 0.295 e. The van der Waals surface area contributed by atoms with E-state index >= 15 is 0 Å². The lowest BCUT2D eigenvalue weighted by molar-refractivity contribution is -0.140. The molecule has 1 amide bonds. The van der Waals surface area contributed by atoms with Gasteiger partial charge in [0, 0.05) is 17.7 Å². The van der Waals surface area contributed by atoms with E-state index in [1.807, 2.05) is 75.4 Å². The van der Waals surface area contributed by atoms with Crippen molar-refractivity contribution >= 4 is 17.4 Å². The molecule has 216 valence electrons. The number of hydrogen-bond acceptors (Lipinski definition) is 6. The van der Waals surface area contributed by atoms with Crippen LogP contribution in [-0.4, -0.2) is 41.5 Å². The second-order valence-electron chi connectivity index (χ2n) is 11.4. The third kappa shape index (κ3) is 6.40. The molecule has 1 aliphatic rings. The molecule has 1 fully saturated rings. The van der Waals surface area contributed by atoms with Gasteiger partial charge < -0.3 is 24.2 Å². The van der Waals surface area contributed by atoms with E-state index in [4.69, 9.17) is 14.2 Å². The molecule has 7 heteroatoms. The minimum Gasteiger partial charge on any atom is -0.507 e. The Kier molecular flexibility index (Phi) is 8.76. The zero-order chi connectivity index (χ0) is 29.9. The highest BCUT2D eigenvalue weighted by molar-refractivity contribution is 6.46. The topological polar surface area (TPSA) is 85.3 Å². The van der Waals surface area contributed by atoms with Gasteiger partial charge >= 0.3 is 0 Å². The number of carbonyl (C=O) groups excluding carboxylic acids is 2. The number of rotatable bonds is 9. The molecule has 0 spiro atoms. The number of methoxy groups -OCH3 is 1. The monoisotopic (exact) mass is 557 g/mol. The quantitative estimate of drug-likeness (QED) is 0.177. The van der Waals surface area contributed by atoms with Crippen LogP contribution < -0.4 is 14.2 Å². The van der Waals surface area contributed by atoms with Crippen LogP contribution in [0.1, 0.15) is 69.8 Å². The third-order valence-corrected chi connectivity index (χ3v) is 6.98. The number of hydrogen-bond donors (Lipinski definition) is 1. The Morgan fingerprint density at radius 3 is 2.15 bits per heavy atom. The molecule has 1 atom stereocenters. The predicted octanol–water partition coefficient (Wildman–Crippen LogP) is 6.80. The number of aliphatic hydroxyl groups is 1. The summed E-state index contributed by atoms with van der Waals surface area (Å²) < 4.78 is 16.9. The summed E-state index contributed by atoms with van der Waals surface area (Å²) in [6.07, 6.45) is -0.00164. The fourth-order valence-corrected chi connectivity index (χ4v) is 5.02. The molecule has 3 aromatic rings. The lowest BCUT2D eigenvalue weighted by Gasteiger charge is -2.26. The Balaban J connectivity index is 1.85. The summed E-state index contributed by atoms with van der Waals surface area (Å²) in [6.45, 7) is 12.7. The Bertz CT molecular complexity index is 1430. The van der Waals surface area contributed by atoms with Gasteiger partial charge in [-0.25, -0.2) is 0 Å². The van der Waals surface area contributed by atoms with E-state index in [9.17, 15) is 14.7 Å². The van der Waals surface area contributed by atoms with Gasteiger partial charge in [0.15, 0.2) is 0 Å². The number of carbonyl (C=O) groups is 2. The first-order valence-electron chi connectivity index (χ1n) is 13.9. The van der Waals surface area contributed by atoms with E-state index in [0.29, 0.717) is 35.0 Å². The Labute approximate surface area is 242 Å². The van der Waals surface area contributed by atoms with Crippen molar-refractivity contribution in [1.82, 2.24) is 4.90 Å². The van der Waals surface area contributed by atoms with Crippen LogP contribution in [0.25, 0.3) is 5.76 Å². The first-order valence-corrected chi connectivity index (χ1v) is 13.9. The Morgan fingerprint density at radius 2 is 1.59 bits per heavy atom. The van der Waals surface area contributed by atoms with Crippen LogP contribution in [0.5, 0.6) is 17.2 Å². The molecule has 1 heterocycles. The molecule has 7 nitrogen and oxygen atoms in total. The van der Waals surface area contributed by atoms with Crippen molar-refractivity contribution in [2.45, 2.75) is 65.6 Å². The van der Waals surface area contributed by atoms with Crippen LogP contribution in [0, 0.1) is 0 Å². The Morgan fingerprint density at radius 1 is 0.951 bits per heavy atom. The van der Waals surface area contributed by atoms with E-state index in [1.165, 1.54) is 4.90 Å². The number of benzene rings is 3. The highest BCUT2D eigenvalue weighted by Crippen LogP contribution is 2.42. The zero-order valence-electron chi connectivity index (χ0n) is 24.9. The zero-order valence-corrected chi connectivity index (χ0v) is 24.9. The largest absolute Gasteiger partial charge is 0.507 e. The van der Waals surface area contributed by atoms with Crippen molar-refractivity contribution in [2.75, 3.05) is 13.7 Å². The van der Waals surface area contributed by atoms with Gasteiger partial charge in [0.25, 0.3) is 11.7 Å². The van der Waals surface area contributed by atoms with Gasteiger partial charge in [-0.15, -0.1) is 0 Å². The van der Waals surface area contributed by atoms with Crippen LogP contribution in [-0.2, 0) is 21.5 Å². The predicted molar refractivity (Wildman–Crippen MR) is 159 cm³/mol. The molecule has 0 radical (unpaired) electrons. The molecule has 1 saturated heterocycles. The Hall–Kier alpha value is -4.26. The molecule has 4 rings (SSSR count). The van der Waals surface area contributed by atoms with Crippen LogP contribution in [0.3, 0.4) is 0 Å². The summed E-state index contributed by atoms with van der Waals surface area (Å²) in [6, 6.07) is 19.2. The van der Waals surface area contributed by atoms with E-state index < -0.39 is 17.7 Å². The molecule has 1 N–H and O–H groups in total. The molecular formula is C34H39NO6. The standard InChI is InChI=1S/C34H39NO6/c1-8-40-28-18-13-24(19-27(28)34(4,5)6)31(36)29-30(23-11-16-26(17-12-23)41-21(2)3)35(33(38)32(29)37)20-22-9-14-25(39-7)15-10-22/h9-19,21,30,36H,8,20H2,1-7H3/b31-29-. The molecule has 0 aromatic heterocycles. The lowest BCUT2D eigenvalue weighted by Crippen LogP contribution is -2.29. The molecule has 1 aliphatic heterocycles. The highest BCUT2D eigenvalue weighted by Gasteiger charge is 2.46. The van der Waals surface area contributed by atoms with Gasteiger partial charge in [-0.2, -0.15) is 0 Å². The minimum absolute atomic E-state index is 0.00164. The summed E-state index contributed by atoms with van der Waals surface area (Å²) in [5, 5.41) is 11.7. The van der Waals surface area contributed by atoms with Crippen molar-refractivity contribution < 1.29 is 28.9 Å². The number of ketones is 1. The van der Waals surface area contributed by atoms with Crippen molar-refractivity contribution in [3.63, 3.8) is 0 Å². The van der Waals surface area contributed by atoms with Crippen LogP contribution >= 0.6 is 0 Å². The number of aliphatic hydroxyl groups excluding tert-OH is 1. The summed E-state index contributed by atoms with van der Waals surface area (Å²) in [5.41, 5.74) is 2.62. The molecule has 0 saturated carbocycles. The number of likely N-dealkylation sites (tertiary alicyclic amines) is 1. The fraction of sp³-hybridized carbons (Fsp3) is 0.353. The maximum Gasteiger partial charge on any atom is 0.295 e. The summed E-state index contributed by atoms with van der Waals surface area (Å²) in [7, 11) is 1.59. The number of ether oxygens (including phenoxy) is 3. The van der Waals surface area contributed by atoms with Crippen LogP contribution in [0.4, 0.5) is 0 Å². The summed E-state index contributed by atoms with van der Waals surface area (Å²) in [4.78, 5) is 28.6. The van der Waals surface area contributed by atoms with Crippen molar-refractivity contribution in [1.29, 1.82) is 0 Å². The van der Waals surface area contributed by atoms with Crippen molar-refractivity contribution in [2.24, 2.45) is 0 Å². The van der Waals surface area contributed by atoms with Crippen molar-refractivity contribution in [3.05, 3.63) is 94.6 Å². The summed E-state index contributed by atoms with van der Waals surface area (Å²) in [5.74, 6) is 0.470. The average Bonchev–Trinajstić information content (AvgIpc) is 3.18. The molecule has 1 unspecified atom stereocenters. The van der Waals surface area contributed by atoms with Crippen molar-refractivity contribution in [3.8, 4) is 17.2 Å². The minimum atomic E-state index is -0.796. The van der Waals surface area contributed by atoms with Gasteiger partial charge in [0.1, 0.15) is 23.0 Å². The maximum atomic E-state index is 13.6. The SMILES string of the molecule is CCOc1ccc(/C(O)=C2/C(=O)C(=O)N(Cc3ccc(OC)cc3)C2c2ccc(OC(C)C)cc2)cc1C(C)(C)C. The van der Waals surface area contributed by atoms with Gasteiger partial charge in [0.2, 0.25) is 0 Å². The van der Waals surface area contributed by atoms with E-state index in [1.54, 1.807) is 19.2 Å². The molecular weight excluding hydrogens is 518 g/mol. The number of Topliss-reactive ketones (excluding diaryl/α,β-unsaturated/α-hetero) is 1. The first kappa shape index (κ1) is 29.7. The third-order valence-electron chi connectivity index (χ3n) is 6.98. The molecule has 3 aromatic carbocycles.